The van der Waals surface area contributed by atoms with E-state index < -0.39 is 64.7 Å². The van der Waals surface area contributed by atoms with Crippen LogP contribution in [0.5, 0.6) is 0 Å². The molecule has 37 heavy (non-hydrogen) atoms. The molecule has 9 heteroatoms. The molecule has 0 aliphatic heterocycles. The van der Waals surface area contributed by atoms with Gasteiger partial charge in [0, 0.05) is 6.07 Å². The van der Waals surface area contributed by atoms with Crippen LogP contribution in [-0.4, -0.2) is 29.2 Å². The van der Waals surface area contributed by atoms with Crippen LogP contribution < -0.4 is 4.90 Å². The van der Waals surface area contributed by atoms with E-state index >= 15 is 0 Å². The van der Waals surface area contributed by atoms with Gasteiger partial charge in [-0.25, -0.2) is 9.59 Å². The van der Waals surface area contributed by atoms with E-state index in [9.17, 15) is 25.0 Å². The number of anilines is 1. The maximum atomic E-state index is 13.5. The lowest BCUT2D eigenvalue weighted by Crippen LogP contribution is -2.37. The average molecular weight is 506 g/mol. The summed E-state index contributed by atoms with van der Waals surface area (Å²) in [5, 5.41) is 21.6. The van der Waals surface area contributed by atoms with Gasteiger partial charge in [0.05, 0.1) is 40.8 Å². The highest BCUT2D eigenvalue weighted by Crippen LogP contribution is 2.35. The Labute approximate surface area is 220 Å². The summed E-state index contributed by atoms with van der Waals surface area (Å²) in [5.74, 6) is -0.956. The molecule has 0 aliphatic carbocycles. The van der Waals surface area contributed by atoms with Crippen molar-refractivity contribution in [1.82, 2.24) is 0 Å². The van der Waals surface area contributed by atoms with Crippen molar-refractivity contribution in [3.05, 3.63) is 93.4 Å². The Hall–Kier alpha value is -4.71. The van der Waals surface area contributed by atoms with Gasteiger partial charge < -0.3 is 9.47 Å². The first-order chi connectivity index (χ1) is 19.2. The molecule has 0 bridgehead atoms. The number of nitro benzene ring substituents is 1. The molecule has 0 unspecified atom stereocenters. The number of para-hydroxylation sites is 1. The monoisotopic (exact) mass is 505 g/mol. The molecule has 0 spiro atoms. The maximum Gasteiger partial charge on any atom is 0.415 e. The number of carbonyl (C=O) groups excluding carboxylic acids is 2. The number of nitriles is 1. The highest BCUT2D eigenvalue weighted by atomic mass is 16.6. The summed E-state index contributed by atoms with van der Waals surface area (Å²) in [5.41, 5.74) is -2.64. The maximum absolute atomic E-state index is 13.5. The lowest BCUT2D eigenvalue weighted by molar-refractivity contribution is -0.384. The number of rotatable bonds is 7. The zero-order valence-corrected chi connectivity index (χ0v) is 20.7. The number of amides is 1. The van der Waals surface area contributed by atoms with Gasteiger partial charge in [-0.3, -0.25) is 15.0 Å². The van der Waals surface area contributed by atoms with Crippen LogP contribution in [0.25, 0.3) is 11.1 Å². The second kappa shape index (κ2) is 11.4. The van der Waals surface area contributed by atoms with Crippen LogP contribution in [0.1, 0.15) is 54.7 Å². The third kappa shape index (κ3) is 6.49. The number of hydrogen-bond acceptors (Lipinski definition) is 7. The third-order valence-electron chi connectivity index (χ3n) is 4.90. The van der Waals surface area contributed by atoms with Crippen molar-refractivity contribution < 1.29 is 29.5 Å². The number of nitrogens with zero attached hydrogens (tertiary/aromatic N) is 3. The van der Waals surface area contributed by atoms with E-state index in [1.807, 2.05) is 6.07 Å². The molecular formula is C28H27N3O6. The Morgan fingerprint density at radius 2 is 1.78 bits per heavy atom. The number of nitro groups is 1. The summed E-state index contributed by atoms with van der Waals surface area (Å²) < 4.78 is 45.2. The van der Waals surface area contributed by atoms with Crippen molar-refractivity contribution in [3.8, 4) is 17.2 Å². The van der Waals surface area contributed by atoms with Gasteiger partial charge in [0.2, 0.25) is 0 Å². The van der Waals surface area contributed by atoms with Crippen LogP contribution in [0, 0.1) is 21.4 Å². The average Bonchev–Trinajstić information content (AvgIpc) is 2.91. The molecule has 9 nitrogen and oxygen atoms in total. The second-order valence-electron chi connectivity index (χ2n) is 8.73. The van der Waals surface area contributed by atoms with Gasteiger partial charge in [0.25, 0.3) is 5.69 Å². The van der Waals surface area contributed by atoms with Crippen LogP contribution in [0.15, 0.2) is 66.6 Å². The standard InChI is InChI=1S/C28H27N3O6/c1-5-36-26(32)23-11-8-12-24(31(34)35)25(23)30(27(33)37-28(2,3)4)18-19-13-15-20(16-14-19)22-10-7-6-9-21(22)17-29/h6-16H,5,18H2,1-4H3/i13D,14D,15D,16D. The van der Waals surface area contributed by atoms with Crippen LogP contribution in [0.3, 0.4) is 0 Å². The van der Waals surface area contributed by atoms with E-state index in [0.717, 1.165) is 11.0 Å². The number of esters is 1. The topological polar surface area (TPSA) is 123 Å². The zero-order chi connectivity index (χ0) is 30.6. The summed E-state index contributed by atoms with van der Waals surface area (Å²) in [6, 6.07) is 9.63. The van der Waals surface area contributed by atoms with E-state index in [1.54, 1.807) is 32.9 Å². The van der Waals surface area contributed by atoms with Crippen LogP contribution in [0.2, 0.25) is 0 Å². The largest absolute Gasteiger partial charge is 0.462 e. The molecule has 0 heterocycles. The first-order valence-electron chi connectivity index (χ1n) is 13.3. The fourth-order valence-electron chi connectivity index (χ4n) is 3.40. The van der Waals surface area contributed by atoms with Gasteiger partial charge in [-0.2, -0.15) is 5.26 Å². The quantitative estimate of drug-likeness (QED) is 0.211. The van der Waals surface area contributed by atoms with Crippen molar-refractivity contribution in [2.45, 2.75) is 39.8 Å². The van der Waals surface area contributed by atoms with Crippen LogP contribution in [-0.2, 0) is 16.0 Å². The molecule has 0 aliphatic rings. The lowest BCUT2D eigenvalue weighted by Gasteiger charge is -2.28. The Morgan fingerprint density at radius 1 is 1.11 bits per heavy atom. The second-order valence-corrected chi connectivity index (χ2v) is 8.73. The predicted molar refractivity (Wildman–Crippen MR) is 138 cm³/mol. The Balaban J connectivity index is 2.32. The number of carbonyl (C=O) groups is 2. The molecule has 0 saturated heterocycles. The molecule has 3 rings (SSSR count). The van der Waals surface area contributed by atoms with Crippen molar-refractivity contribution in [2.75, 3.05) is 11.5 Å². The van der Waals surface area contributed by atoms with E-state index in [-0.39, 0.29) is 34.4 Å². The SMILES string of the molecule is [2H]c1c([2H])c(-c2ccccc2C#N)c([2H])c([2H])c1CN(C(=O)OC(C)(C)C)c1c(C(=O)OCC)cccc1[N+](=O)[O-]. The molecule has 0 saturated carbocycles. The Bertz CT molecular complexity index is 1550. The molecule has 0 aromatic heterocycles. The summed E-state index contributed by atoms with van der Waals surface area (Å²) in [6.45, 7) is 5.44. The number of hydrogen-bond donors (Lipinski definition) is 0. The normalized spacial score (nSPS) is 12.3. The van der Waals surface area contributed by atoms with Crippen LogP contribution in [0.4, 0.5) is 16.2 Å². The Morgan fingerprint density at radius 3 is 2.38 bits per heavy atom. The van der Waals surface area contributed by atoms with Gasteiger partial charge in [0.1, 0.15) is 11.3 Å². The minimum atomic E-state index is -1.13. The lowest BCUT2D eigenvalue weighted by atomic mass is 9.99. The number of ether oxygens (including phenoxy) is 2. The van der Waals surface area contributed by atoms with Gasteiger partial charge >= 0.3 is 12.1 Å². The van der Waals surface area contributed by atoms with Gasteiger partial charge in [-0.1, -0.05) is 48.4 Å². The highest BCUT2D eigenvalue weighted by molar-refractivity contribution is 6.03. The summed E-state index contributed by atoms with van der Waals surface area (Å²) in [6.07, 6.45) is -1.13. The number of benzene rings is 3. The predicted octanol–water partition coefficient (Wildman–Crippen LogP) is 6.25. The zero-order valence-electron chi connectivity index (χ0n) is 24.7. The fraction of sp³-hybridized carbons (Fsp3) is 0.250. The van der Waals surface area contributed by atoms with Gasteiger partial charge in [0.15, 0.2) is 0 Å². The molecule has 0 atom stereocenters. The van der Waals surface area contributed by atoms with Crippen molar-refractivity contribution >= 4 is 23.4 Å². The van der Waals surface area contributed by atoms with Crippen molar-refractivity contribution in [1.29, 1.82) is 5.26 Å². The smallest absolute Gasteiger partial charge is 0.415 e. The minimum absolute atomic E-state index is 0.0584. The van der Waals surface area contributed by atoms with E-state index in [1.165, 1.54) is 31.2 Å². The van der Waals surface area contributed by atoms with E-state index in [2.05, 4.69) is 0 Å². The molecule has 1 amide bonds. The molecule has 0 N–H and O–H groups in total. The molecule has 0 fully saturated rings. The minimum Gasteiger partial charge on any atom is -0.462 e. The van der Waals surface area contributed by atoms with E-state index in [4.69, 9.17) is 15.0 Å². The third-order valence-corrected chi connectivity index (χ3v) is 4.90. The molecule has 0 radical (unpaired) electrons. The van der Waals surface area contributed by atoms with Crippen molar-refractivity contribution in [3.63, 3.8) is 0 Å². The van der Waals surface area contributed by atoms with Gasteiger partial charge in [-0.15, -0.1) is 0 Å². The molecular weight excluding hydrogens is 474 g/mol. The fourth-order valence-corrected chi connectivity index (χ4v) is 3.40. The molecule has 3 aromatic rings. The van der Waals surface area contributed by atoms with Crippen molar-refractivity contribution in [2.24, 2.45) is 0 Å². The highest BCUT2D eigenvalue weighted by Gasteiger charge is 2.33. The molecule has 3 aromatic carbocycles. The van der Waals surface area contributed by atoms with E-state index in [0.29, 0.717) is 0 Å². The van der Waals surface area contributed by atoms with Crippen LogP contribution >= 0.6 is 0 Å². The Kier molecular flexibility index (Phi) is 6.62. The molecule has 190 valence electrons. The van der Waals surface area contributed by atoms with Gasteiger partial charge in [-0.05, 0) is 56.5 Å². The summed E-state index contributed by atoms with van der Waals surface area (Å²) in [7, 11) is 0. The first kappa shape index (κ1) is 21.6. The summed E-state index contributed by atoms with van der Waals surface area (Å²) in [4.78, 5) is 38.3. The summed E-state index contributed by atoms with van der Waals surface area (Å²) >= 11 is 0. The first-order valence-corrected chi connectivity index (χ1v) is 11.3.